The molecule has 1 aliphatic rings. The van der Waals surface area contributed by atoms with Crippen LogP contribution in [0, 0.1) is 29.5 Å². The maximum Gasteiger partial charge on any atom is 0.389 e. The molecule has 1 fully saturated rings. The summed E-state index contributed by atoms with van der Waals surface area (Å²) >= 11 is 0. The Bertz CT molecular complexity index is 1740. The van der Waals surface area contributed by atoms with Crippen molar-refractivity contribution in [3.63, 3.8) is 0 Å². The van der Waals surface area contributed by atoms with Crippen LogP contribution in [-0.2, 0) is 6.42 Å². The predicted molar refractivity (Wildman–Crippen MR) is 153 cm³/mol. The lowest BCUT2D eigenvalue weighted by Gasteiger charge is -2.19. The third-order valence-electron chi connectivity index (χ3n) is 8.05. The molecule has 0 atom stereocenters. The topological polar surface area (TPSA) is 96.0 Å². The van der Waals surface area contributed by atoms with E-state index in [1.54, 1.807) is 12.1 Å². The summed E-state index contributed by atoms with van der Waals surface area (Å²) in [5.41, 5.74) is 1.06. The van der Waals surface area contributed by atoms with E-state index in [1.807, 2.05) is 19.1 Å². The highest BCUT2D eigenvalue weighted by molar-refractivity contribution is 6.11. The minimum atomic E-state index is -4.48. The lowest BCUT2D eigenvalue weighted by molar-refractivity contribution is -0.134. The van der Waals surface area contributed by atoms with Crippen LogP contribution in [-0.4, -0.2) is 29.9 Å². The fourth-order valence-electron chi connectivity index (χ4n) is 5.71. The molecule has 0 spiro atoms. The van der Waals surface area contributed by atoms with Crippen molar-refractivity contribution in [1.82, 2.24) is 10.3 Å². The second kappa shape index (κ2) is 11.6. The number of amides is 1. The summed E-state index contributed by atoms with van der Waals surface area (Å²) in [6.45, 7) is 1.90. The normalized spacial score (nSPS) is 14.5. The standard InChI is InChI=1S/C33H29F4N3O3/c1-19-5-7-20(8-6-19)29-28(30(42)39-2)24-16-22(26(40-31(24)43-29)11-14-33(35,36)37)21-9-10-25(34)23(15-21)27(41)17-32(18-38)12-3-4-13-32/h5-10,15-16H,3-4,11-14,17H2,1-2H3,(H,39,42). The number of nitrogens with zero attached hydrogens (tertiary/aromatic N) is 2. The summed E-state index contributed by atoms with van der Waals surface area (Å²) in [6, 6.07) is 14.7. The van der Waals surface area contributed by atoms with Gasteiger partial charge in [-0.1, -0.05) is 48.7 Å². The van der Waals surface area contributed by atoms with E-state index in [-0.39, 0.29) is 51.2 Å². The maximum atomic E-state index is 15.0. The first-order chi connectivity index (χ1) is 20.4. The van der Waals surface area contributed by atoms with E-state index in [4.69, 9.17) is 4.42 Å². The predicted octanol–water partition coefficient (Wildman–Crippen LogP) is 8.12. The number of aromatic nitrogens is 1. The number of carbonyl (C=O) groups is 2. The molecule has 0 bridgehead atoms. The van der Waals surface area contributed by atoms with Crippen molar-refractivity contribution in [2.24, 2.45) is 5.41 Å². The molecule has 1 saturated carbocycles. The summed E-state index contributed by atoms with van der Waals surface area (Å²) in [5, 5.41) is 12.6. The molecular formula is C33H29F4N3O3. The molecular weight excluding hydrogens is 562 g/mol. The Morgan fingerprint density at radius 3 is 2.37 bits per heavy atom. The van der Waals surface area contributed by atoms with Gasteiger partial charge in [0, 0.05) is 31.0 Å². The Balaban J connectivity index is 1.67. The van der Waals surface area contributed by atoms with Gasteiger partial charge in [0.1, 0.15) is 11.6 Å². The van der Waals surface area contributed by atoms with E-state index in [9.17, 15) is 32.4 Å². The smallest absolute Gasteiger partial charge is 0.389 e. The minimum Gasteiger partial charge on any atom is -0.437 e. The Kier molecular flexibility index (Phi) is 8.10. The quantitative estimate of drug-likeness (QED) is 0.165. The lowest BCUT2D eigenvalue weighted by Crippen LogP contribution is -2.20. The third kappa shape index (κ3) is 6.17. The largest absolute Gasteiger partial charge is 0.437 e. The van der Waals surface area contributed by atoms with Gasteiger partial charge >= 0.3 is 6.18 Å². The van der Waals surface area contributed by atoms with E-state index >= 15 is 0 Å². The molecule has 2 heterocycles. The second-order valence-electron chi connectivity index (χ2n) is 11.1. The fraction of sp³-hybridized carbons (Fsp3) is 0.333. The molecule has 0 aliphatic heterocycles. The number of carbonyl (C=O) groups excluding carboxylic acids is 2. The van der Waals surface area contributed by atoms with Crippen molar-refractivity contribution >= 4 is 22.8 Å². The number of hydrogen-bond donors (Lipinski definition) is 1. The van der Waals surface area contributed by atoms with Crippen LogP contribution in [0.1, 0.15) is 70.5 Å². The first-order valence-corrected chi connectivity index (χ1v) is 14.0. The van der Waals surface area contributed by atoms with Crippen molar-refractivity contribution in [3.8, 4) is 28.5 Å². The number of nitriles is 1. The summed E-state index contributed by atoms with van der Waals surface area (Å²) in [6.07, 6.45) is -3.61. The van der Waals surface area contributed by atoms with E-state index in [0.717, 1.165) is 24.5 Å². The molecule has 0 saturated heterocycles. The number of alkyl halides is 3. The number of Topliss-reactive ketones (excluding diaryl/α,β-unsaturated/α-hetero) is 1. The second-order valence-corrected chi connectivity index (χ2v) is 11.1. The van der Waals surface area contributed by atoms with Gasteiger partial charge in [-0.25, -0.2) is 9.37 Å². The zero-order valence-corrected chi connectivity index (χ0v) is 23.7. The Morgan fingerprint density at radius 1 is 1.07 bits per heavy atom. The average Bonchev–Trinajstić information content (AvgIpc) is 3.60. The van der Waals surface area contributed by atoms with Crippen LogP contribution in [0.2, 0.25) is 0 Å². The van der Waals surface area contributed by atoms with Gasteiger partial charge in [-0.3, -0.25) is 9.59 Å². The highest BCUT2D eigenvalue weighted by atomic mass is 19.4. The summed E-state index contributed by atoms with van der Waals surface area (Å²) in [7, 11) is 1.45. The van der Waals surface area contributed by atoms with Crippen molar-refractivity contribution in [2.75, 3.05) is 7.05 Å². The van der Waals surface area contributed by atoms with Crippen LogP contribution in [0.15, 0.2) is 52.9 Å². The number of aryl methyl sites for hydroxylation is 2. The number of ketones is 1. The monoisotopic (exact) mass is 591 g/mol. The molecule has 1 N–H and O–H groups in total. The lowest BCUT2D eigenvalue weighted by atomic mass is 9.81. The molecule has 5 rings (SSSR count). The van der Waals surface area contributed by atoms with Crippen molar-refractivity contribution in [2.45, 2.75) is 58.0 Å². The number of pyridine rings is 1. The van der Waals surface area contributed by atoms with Gasteiger partial charge in [0.25, 0.3) is 5.91 Å². The van der Waals surface area contributed by atoms with E-state index in [0.29, 0.717) is 18.4 Å². The molecule has 2 aromatic carbocycles. The number of fused-ring (bicyclic) bond motifs is 1. The Hall–Kier alpha value is -4.52. The molecule has 4 aromatic rings. The van der Waals surface area contributed by atoms with Crippen molar-refractivity contribution in [3.05, 3.63) is 76.7 Å². The first-order valence-electron chi connectivity index (χ1n) is 14.0. The number of halogens is 4. The van der Waals surface area contributed by atoms with Crippen LogP contribution in [0.4, 0.5) is 17.6 Å². The molecule has 10 heteroatoms. The fourth-order valence-corrected chi connectivity index (χ4v) is 5.71. The summed E-state index contributed by atoms with van der Waals surface area (Å²) < 4.78 is 61.0. The number of hydrogen-bond acceptors (Lipinski definition) is 5. The zero-order chi connectivity index (χ0) is 30.9. The third-order valence-corrected chi connectivity index (χ3v) is 8.05. The van der Waals surface area contributed by atoms with Gasteiger partial charge in [-0.2, -0.15) is 18.4 Å². The molecule has 222 valence electrons. The molecule has 1 amide bonds. The minimum absolute atomic E-state index is 0.0202. The van der Waals surface area contributed by atoms with Gasteiger partial charge in [0.15, 0.2) is 5.78 Å². The van der Waals surface area contributed by atoms with Crippen LogP contribution >= 0.6 is 0 Å². The SMILES string of the molecule is CNC(=O)c1c(-c2ccc(C)cc2)oc2nc(CCC(F)(F)F)c(-c3ccc(F)c(C(=O)CC4(C#N)CCCC4)c3)cc12. The van der Waals surface area contributed by atoms with Crippen LogP contribution in [0.25, 0.3) is 33.6 Å². The summed E-state index contributed by atoms with van der Waals surface area (Å²) in [4.78, 5) is 30.8. The van der Waals surface area contributed by atoms with E-state index < -0.39 is 41.9 Å². The number of nitrogens with one attached hydrogen (secondary N) is 1. The van der Waals surface area contributed by atoms with E-state index in [2.05, 4.69) is 16.4 Å². The van der Waals surface area contributed by atoms with Gasteiger partial charge < -0.3 is 9.73 Å². The first kappa shape index (κ1) is 30.0. The number of benzene rings is 2. The highest BCUT2D eigenvalue weighted by Gasteiger charge is 2.37. The van der Waals surface area contributed by atoms with Gasteiger partial charge in [-0.05, 0) is 49.9 Å². The molecule has 1 aliphatic carbocycles. The van der Waals surface area contributed by atoms with Gasteiger partial charge in [0.2, 0.25) is 5.71 Å². The van der Waals surface area contributed by atoms with Crippen molar-refractivity contribution in [1.29, 1.82) is 5.26 Å². The van der Waals surface area contributed by atoms with Gasteiger partial charge in [-0.15, -0.1) is 0 Å². The van der Waals surface area contributed by atoms with E-state index in [1.165, 1.54) is 25.2 Å². The Morgan fingerprint density at radius 2 is 1.74 bits per heavy atom. The molecule has 0 unspecified atom stereocenters. The van der Waals surface area contributed by atoms with Crippen molar-refractivity contribution < 1.29 is 31.6 Å². The highest BCUT2D eigenvalue weighted by Crippen LogP contribution is 2.42. The number of rotatable bonds is 8. The Labute approximate surface area is 245 Å². The molecule has 6 nitrogen and oxygen atoms in total. The molecule has 0 radical (unpaired) electrons. The van der Waals surface area contributed by atoms with Gasteiger partial charge in [0.05, 0.1) is 33.7 Å². The molecule has 43 heavy (non-hydrogen) atoms. The average molecular weight is 592 g/mol. The zero-order valence-electron chi connectivity index (χ0n) is 23.7. The van der Waals surface area contributed by atoms with Crippen LogP contribution in [0.5, 0.6) is 0 Å². The number of furan rings is 1. The summed E-state index contributed by atoms with van der Waals surface area (Å²) in [5.74, 6) is -1.63. The maximum absolute atomic E-state index is 15.0. The van der Waals surface area contributed by atoms with Crippen LogP contribution < -0.4 is 5.32 Å². The van der Waals surface area contributed by atoms with Crippen LogP contribution in [0.3, 0.4) is 0 Å². The molecule has 2 aromatic heterocycles.